The monoisotopic (exact) mass is 257 g/mol. The highest BCUT2D eigenvalue weighted by molar-refractivity contribution is 7.13. The van der Waals surface area contributed by atoms with Crippen molar-refractivity contribution in [2.24, 2.45) is 11.7 Å². The number of amides is 1. The van der Waals surface area contributed by atoms with Gasteiger partial charge in [-0.1, -0.05) is 25.2 Å². The normalized spacial score (nSPS) is 12.5. The molecule has 6 nitrogen and oxygen atoms in total. The molecular formula is C10H15N3O3S. The van der Waals surface area contributed by atoms with Crippen molar-refractivity contribution in [3.05, 3.63) is 27.1 Å². The maximum atomic E-state index is 11.8. The zero-order chi connectivity index (χ0) is 13.0. The highest BCUT2D eigenvalue weighted by Crippen LogP contribution is 2.22. The molecule has 0 fully saturated rings. The minimum atomic E-state index is -0.510. The third kappa shape index (κ3) is 3.50. The standard InChI is InChI=1S/C10H15N3O3S/c1-6(2)8(4-11)12-10(14)7-3-9(13(15)16)17-5-7/h3,5-6,8H,4,11H2,1-2H3,(H,12,14). The van der Waals surface area contributed by atoms with Crippen LogP contribution in [0.1, 0.15) is 24.2 Å². The lowest BCUT2D eigenvalue weighted by Crippen LogP contribution is -2.43. The Hall–Kier alpha value is -1.47. The first-order valence-electron chi connectivity index (χ1n) is 5.19. The highest BCUT2D eigenvalue weighted by atomic mass is 32.1. The van der Waals surface area contributed by atoms with E-state index in [2.05, 4.69) is 5.32 Å². The second kappa shape index (κ2) is 5.74. The topological polar surface area (TPSA) is 98.3 Å². The number of nitrogens with two attached hydrogens (primary N) is 1. The third-order valence-corrected chi connectivity index (χ3v) is 3.28. The van der Waals surface area contributed by atoms with Gasteiger partial charge in [-0.3, -0.25) is 14.9 Å². The number of nitrogens with zero attached hydrogens (tertiary/aromatic N) is 1. The summed E-state index contributed by atoms with van der Waals surface area (Å²) in [5, 5.41) is 14.7. The van der Waals surface area contributed by atoms with E-state index in [0.29, 0.717) is 12.1 Å². The van der Waals surface area contributed by atoms with Crippen molar-refractivity contribution in [3.8, 4) is 0 Å². The average molecular weight is 257 g/mol. The van der Waals surface area contributed by atoms with Crippen LogP contribution in [0.15, 0.2) is 11.4 Å². The van der Waals surface area contributed by atoms with Gasteiger partial charge >= 0.3 is 5.00 Å². The van der Waals surface area contributed by atoms with Gasteiger partial charge in [0.15, 0.2) is 0 Å². The van der Waals surface area contributed by atoms with Crippen molar-refractivity contribution < 1.29 is 9.72 Å². The molecule has 1 atom stereocenters. The van der Waals surface area contributed by atoms with E-state index in [1.165, 1.54) is 11.4 Å². The van der Waals surface area contributed by atoms with Gasteiger partial charge in [0, 0.05) is 24.0 Å². The Kier molecular flexibility index (Phi) is 4.59. The molecule has 0 aliphatic carbocycles. The molecule has 0 spiro atoms. The summed E-state index contributed by atoms with van der Waals surface area (Å²) in [4.78, 5) is 21.7. The van der Waals surface area contributed by atoms with Crippen molar-refractivity contribution in [1.29, 1.82) is 0 Å². The molecule has 1 rings (SSSR count). The Morgan fingerprint density at radius 3 is 2.71 bits per heavy atom. The largest absolute Gasteiger partial charge is 0.348 e. The van der Waals surface area contributed by atoms with E-state index in [9.17, 15) is 14.9 Å². The molecule has 1 unspecified atom stereocenters. The second-order valence-electron chi connectivity index (χ2n) is 3.99. The van der Waals surface area contributed by atoms with Gasteiger partial charge in [0.25, 0.3) is 5.91 Å². The number of rotatable bonds is 5. The van der Waals surface area contributed by atoms with Crippen LogP contribution in [0.25, 0.3) is 0 Å². The molecule has 7 heteroatoms. The molecule has 94 valence electrons. The lowest BCUT2D eigenvalue weighted by Gasteiger charge is -2.19. The van der Waals surface area contributed by atoms with Crippen LogP contribution in [0.3, 0.4) is 0 Å². The van der Waals surface area contributed by atoms with Crippen molar-refractivity contribution in [3.63, 3.8) is 0 Å². The predicted molar refractivity (Wildman–Crippen MR) is 66.1 cm³/mol. The van der Waals surface area contributed by atoms with E-state index in [1.807, 2.05) is 13.8 Å². The molecule has 0 bridgehead atoms. The molecule has 0 radical (unpaired) electrons. The summed E-state index contributed by atoms with van der Waals surface area (Å²) in [7, 11) is 0. The second-order valence-corrected chi connectivity index (χ2v) is 4.88. The Morgan fingerprint density at radius 1 is 1.65 bits per heavy atom. The van der Waals surface area contributed by atoms with Gasteiger partial charge in [-0.15, -0.1) is 0 Å². The summed E-state index contributed by atoms with van der Waals surface area (Å²) in [5.74, 6) is -0.101. The van der Waals surface area contributed by atoms with Crippen LogP contribution in [-0.4, -0.2) is 23.4 Å². The minimum Gasteiger partial charge on any atom is -0.348 e. The van der Waals surface area contributed by atoms with E-state index in [1.54, 1.807) is 0 Å². The number of nitro groups is 1. The van der Waals surface area contributed by atoms with Crippen molar-refractivity contribution in [1.82, 2.24) is 5.32 Å². The predicted octanol–water partition coefficient (Wildman–Crippen LogP) is 1.37. The number of carbonyl (C=O) groups is 1. The van der Waals surface area contributed by atoms with Crippen LogP contribution in [0.5, 0.6) is 0 Å². The summed E-state index contributed by atoms with van der Waals surface area (Å²) in [5.41, 5.74) is 5.84. The lowest BCUT2D eigenvalue weighted by atomic mass is 10.0. The Balaban J connectivity index is 2.72. The lowest BCUT2D eigenvalue weighted by molar-refractivity contribution is -0.380. The summed E-state index contributed by atoms with van der Waals surface area (Å²) in [6, 6.07) is 1.15. The third-order valence-electron chi connectivity index (χ3n) is 2.40. The highest BCUT2D eigenvalue weighted by Gasteiger charge is 2.19. The van der Waals surface area contributed by atoms with Gasteiger partial charge in [0.1, 0.15) is 0 Å². The number of hydrogen-bond acceptors (Lipinski definition) is 5. The summed E-state index contributed by atoms with van der Waals surface area (Å²) < 4.78 is 0. The number of nitrogens with one attached hydrogen (secondary N) is 1. The fourth-order valence-electron chi connectivity index (χ4n) is 1.29. The van der Waals surface area contributed by atoms with Crippen molar-refractivity contribution in [2.75, 3.05) is 6.54 Å². The molecule has 1 heterocycles. The van der Waals surface area contributed by atoms with Crippen LogP contribution < -0.4 is 11.1 Å². The van der Waals surface area contributed by atoms with Crippen LogP contribution in [0.4, 0.5) is 5.00 Å². The average Bonchev–Trinajstić information content (AvgIpc) is 2.74. The number of thiophene rings is 1. The Morgan fingerprint density at radius 2 is 2.29 bits per heavy atom. The maximum absolute atomic E-state index is 11.8. The van der Waals surface area contributed by atoms with E-state index < -0.39 is 4.92 Å². The first-order chi connectivity index (χ1) is 7.95. The number of hydrogen-bond donors (Lipinski definition) is 2. The van der Waals surface area contributed by atoms with Crippen molar-refractivity contribution >= 4 is 22.2 Å². The summed E-state index contributed by atoms with van der Waals surface area (Å²) in [6.07, 6.45) is 0. The Bertz CT molecular complexity index is 417. The molecule has 17 heavy (non-hydrogen) atoms. The molecule has 1 amide bonds. The maximum Gasteiger partial charge on any atom is 0.324 e. The van der Waals surface area contributed by atoms with Crippen LogP contribution in [-0.2, 0) is 0 Å². The first kappa shape index (κ1) is 13.6. The molecule has 0 saturated carbocycles. The zero-order valence-corrected chi connectivity index (χ0v) is 10.5. The quantitative estimate of drug-likeness (QED) is 0.614. The fraction of sp³-hybridized carbons (Fsp3) is 0.500. The van der Waals surface area contributed by atoms with Gasteiger partial charge in [0.05, 0.1) is 10.5 Å². The molecule has 0 aromatic carbocycles. The summed E-state index contributed by atoms with van der Waals surface area (Å²) >= 11 is 0.938. The van der Waals surface area contributed by atoms with Gasteiger partial charge < -0.3 is 11.1 Å². The van der Waals surface area contributed by atoms with E-state index >= 15 is 0 Å². The van der Waals surface area contributed by atoms with Gasteiger partial charge in [-0.05, 0) is 5.92 Å². The Labute approximate surface area is 103 Å². The van der Waals surface area contributed by atoms with Gasteiger partial charge in [-0.25, -0.2) is 0 Å². The van der Waals surface area contributed by atoms with Crippen LogP contribution >= 0.6 is 11.3 Å². The molecule has 1 aromatic heterocycles. The molecule has 1 aromatic rings. The van der Waals surface area contributed by atoms with E-state index in [0.717, 1.165) is 11.3 Å². The smallest absolute Gasteiger partial charge is 0.324 e. The van der Waals surface area contributed by atoms with Crippen LogP contribution in [0, 0.1) is 16.0 Å². The SMILES string of the molecule is CC(C)C(CN)NC(=O)c1csc([N+](=O)[O-])c1. The van der Waals surface area contributed by atoms with Gasteiger partial charge in [-0.2, -0.15) is 0 Å². The van der Waals surface area contributed by atoms with E-state index in [-0.39, 0.29) is 22.9 Å². The molecule has 3 N–H and O–H groups in total. The zero-order valence-electron chi connectivity index (χ0n) is 9.67. The van der Waals surface area contributed by atoms with Gasteiger partial charge in [0.2, 0.25) is 0 Å². The molecular weight excluding hydrogens is 242 g/mol. The minimum absolute atomic E-state index is 0.0380. The molecule has 0 aliphatic rings. The first-order valence-corrected chi connectivity index (χ1v) is 6.07. The van der Waals surface area contributed by atoms with Crippen LogP contribution in [0.2, 0.25) is 0 Å². The van der Waals surface area contributed by atoms with Crippen molar-refractivity contribution in [2.45, 2.75) is 19.9 Å². The molecule has 0 saturated heterocycles. The van der Waals surface area contributed by atoms with E-state index in [4.69, 9.17) is 5.73 Å². The fourth-order valence-corrected chi connectivity index (χ4v) is 1.99. The number of carbonyl (C=O) groups excluding carboxylic acids is 1. The summed E-state index contributed by atoms with van der Waals surface area (Å²) in [6.45, 7) is 4.25. The molecule has 0 aliphatic heterocycles.